The Hall–Kier alpha value is -1.63. The van der Waals surface area contributed by atoms with Gasteiger partial charge in [-0.25, -0.2) is 4.98 Å². The molecule has 1 aromatic heterocycles. The number of rotatable bonds is 6. The van der Waals surface area contributed by atoms with E-state index in [9.17, 15) is 13.2 Å². The number of hydrogen-bond acceptors (Lipinski definition) is 2. The molecule has 0 N–H and O–H groups in total. The van der Waals surface area contributed by atoms with Crippen LogP contribution in [0.25, 0.3) is 0 Å². The highest BCUT2D eigenvalue weighted by molar-refractivity contribution is 7.98. The average molecular weight is 431 g/mol. The number of benzene rings is 2. The topological polar surface area (TPSA) is 17.8 Å². The molecule has 0 aliphatic rings. The van der Waals surface area contributed by atoms with Crippen molar-refractivity contribution >= 4 is 35.0 Å². The lowest BCUT2D eigenvalue weighted by Gasteiger charge is -2.22. The van der Waals surface area contributed by atoms with Gasteiger partial charge in [0.05, 0.1) is 21.9 Å². The summed E-state index contributed by atoms with van der Waals surface area (Å²) in [4.78, 5) is 3.98. The Morgan fingerprint density at radius 3 is 2.52 bits per heavy atom. The van der Waals surface area contributed by atoms with Crippen molar-refractivity contribution in [3.8, 4) is 0 Å². The average Bonchev–Trinajstić information content (AvgIpc) is 3.14. The SMILES string of the molecule is FC(F)(F)c1ccccc1C(Cn1ccnc1)SCc1ccc(Cl)c(Cl)c1. The zero-order chi connectivity index (χ0) is 19.4. The first-order valence-electron chi connectivity index (χ1n) is 8.02. The number of imidazole rings is 1. The van der Waals surface area contributed by atoms with E-state index in [0.29, 0.717) is 22.3 Å². The second kappa shape index (κ2) is 8.59. The van der Waals surface area contributed by atoms with Gasteiger partial charge >= 0.3 is 6.18 Å². The molecule has 2 aromatic carbocycles. The van der Waals surface area contributed by atoms with E-state index in [1.165, 1.54) is 23.9 Å². The standard InChI is InChI=1S/C19H15Cl2F3N2S/c20-16-6-5-13(9-17(16)21)11-27-18(10-26-8-7-25-12-26)14-3-1-2-4-15(14)19(22,23)24/h1-9,12,18H,10-11H2. The molecule has 0 amide bonds. The molecule has 0 saturated heterocycles. The molecule has 27 heavy (non-hydrogen) atoms. The van der Waals surface area contributed by atoms with Crippen LogP contribution in [-0.4, -0.2) is 9.55 Å². The number of alkyl halides is 3. The molecule has 142 valence electrons. The summed E-state index contributed by atoms with van der Waals surface area (Å²) in [5, 5.41) is 0.464. The van der Waals surface area contributed by atoms with E-state index in [0.717, 1.165) is 11.6 Å². The van der Waals surface area contributed by atoms with E-state index in [1.807, 2.05) is 6.07 Å². The molecule has 0 saturated carbocycles. The minimum Gasteiger partial charge on any atom is -0.336 e. The van der Waals surface area contributed by atoms with E-state index < -0.39 is 17.0 Å². The summed E-state index contributed by atoms with van der Waals surface area (Å²) < 4.78 is 42.2. The maximum atomic E-state index is 13.5. The maximum Gasteiger partial charge on any atom is 0.416 e. The van der Waals surface area contributed by atoms with E-state index in [2.05, 4.69) is 4.98 Å². The Morgan fingerprint density at radius 1 is 1.07 bits per heavy atom. The van der Waals surface area contributed by atoms with Crippen molar-refractivity contribution < 1.29 is 13.2 Å². The van der Waals surface area contributed by atoms with E-state index in [4.69, 9.17) is 23.2 Å². The summed E-state index contributed by atoms with van der Waals surface area (Å²) in [6.45, 7) is 0.374. The minimum absolute atomic E-state index is 0.253. The van der Waals surface area contributed by atoms with Gasteiger partial charge in [0.15, 0.2) is 0 Å². The fourth-order valence-corrected chi connectivity index (χ4v) is 4.25. The normalized spacial score (nSPS) is 12.9. The second-order valence-corrected chi connectivity index (χ2v) is 7.90. The first-order valence-corrected chi connectivity index (χ1v) is 9.82. The van der Waals surface area contributed by atoms with Crippen LogP contribution in [0.15, 0.2) is 61.2 Å². The number of halogens is 5. The van der Waals surface area contributed by atoms with Crippen LogP contribution in [0.2, 0.25) is 10.0 Å². The highest BCUT2D eigenvalue weighted by atomic mass is 35.5. The number of nitrogens with zero attached hydrogens (tertiary/aromatic N) is 2. The molecule has 0 bridgehead atoms. The van der Waals surface area contributed by atoms with Crippen LogP contribution in [0.4, 0.5) is 13.2 Å². The van der Waals surface area contributed by atoms with Crippen LogP contribution >= 0.6 is 35.0 Å². The van der Waals surface area contributed by atoms with Gasteiger partial charge in [-0.2, -0.15) is 13.2 Å². The van der Waals surface area contributed by atoms with E-state index in [-0.39, 0.29) is 5.56 Å². The summed E-state index contributed by atoms with van der Waals surface area (Å²) >= 11 is 13.4. The van der Waals surface area contributed by atoms with Crippen LogP contribution in [0.1, 0.15) is 21.9 Å². The molecule has 1 atom stereocenters. The Balaban J connectivity index is 1.89. The number of hydrogen-bond donors (Lipinski definition) is 0. The third-order valence-electron chi connectivity index (χ3n) is 3.98. The van der Waals surface area contributed by atoms with Gasteiger partial charge in [0, 0.05) is 29.9 Å². The summed E-state index contributed by atoms with van der Waals surface area (Å²) in [5.74, 6) is 0.502. The van der Waals surface area contributed by atoms with Crippen molar-refractivity contribution in [3.63, 3.8) is 0 Å². The molecule has 0 fully saturated rings. The first-order chi connectivity index (χ1) is 12.8. The Kier molecular flexibility index (Phi) is 6.40. The zero-order valence-corrected chi connectivity index (χ0v) is 16.3. The molecule has 0 aliphatic heterocycles. The van der Waals surface area contributed by atoms with Gasteiger partial charge in [-0.15, -0.1) is 11.8 Å². The van der Waals surface area contributed by atoms with Crippen LogP contribution < -0.4 is 0 Å². The summed E-state index contributed by atoms with van der Waals surface area (Å²) in [6, 6.07) is 10.9. The minimum atomic E-state index is -4.41. The zero-order valence-electron chi connectivity index (χ0n) is 14.0. The first kappa shape index (κ1) is 20.1. The third kappa shape index (κ3) is 5.21. The molecule has 8 heteroatoms. The fourth-order valence-electron chi connectivity index (χ4n) is 2.69. The molecule has 0 aliphatic carbocycles. The maximum absolute atomic E-state index is 13.5. The quantitative estimate of drug-likeness (QED) is 0.423. The third-order valence-corrected chi connectivity index (χ3v) is 6.03. The summed E-state index contributed by atoms with van der Waals surface area (Å²) in [7, 11) is 0. The summed E-state index contributed by atoms with van der Waals surface area (Å²) in [5.41, 5.74) is 0.537. The van der Waals surface area contributed by atoms with Crippen molar-refractivity contribution in [3.05, 3.63) is 87.9 Å². The van der Waals surface area contributed by atoms with Gasteiger partial charge in [0.1, 0.15) is 0 Å². The highest BCUT2D eigenvalue weighted by Gasteiger charge is 2.35. The van der Waals surface area contributed by atoms with Crippen molar-refractivity contribution in [2.24, 2.45) is 0 Å². The van der Waals surface area contributed by atoms with Gasteiger partial charge in [-0.05, 0) is 29.3 Å². The van der Waals surface area contributed by atoms with Crippen LogP contribution in [-0.2, 0) is 18.5 Å². The summed E-state index contributed by atoms with van der Waals surface area (Å²) in [6.07, 6.45) is 0.538. The van der Waals surface area contributed by atoms with Crippen molar-refractivity contribution in [1.82, 2.24) is 9.55 Å². The monoisotopic (exact) mass is 430 g/mol. The van der Waals surface area contributed by atoms with E-state index >= 15 is 0 Å². The molecule has 0 spiro atoms. The van der Waals surface area contributed by atoms with Crippen molar-refractivity contribution in [2.45, 2.75) is 23.7 Å². The van der Waals surface area contributed by atoms with E-state index in [1.54, 1.807) is 41.5 Å². The number of aromatic nitrogens is 2. The molecule has 1 heterocycles. The number of thioether (sulfide) groups is 1. The van der Waals surface area contributed by atoms with Gasteiger partial charge < -0.3 is 4.57 Å². The molecule has 2 nitrogen and oxygen atoms in total. The largest absolute Gasteiger partial charge is 0.416 e. The molecular formula is C19H15Cl2F3N2S. The van der Waals surface area contributed by atoms with Gasteiger partial charge in [0.2, 0.25) is 0 Å². The predicted octanol–water partition coefficient (Wildman–Crippen LogP) is 6.88. The highest BCUT2D eigenvalue weighted by Crippen LogP contribution is 2.41. The van der Waals surface area contributed by atoms with Crippen LogP contribution in [0.5, 0.6) is 0 Å². The lowest BCUT2D eigenvalue weighted by molar-refractivity contribution is -0.138. The Morgan fingerprint density at radius 2 is 1.85 bits per heavy atom. The predicted molar refractivity (Wildman–Crippen MR) is 104 cm³/mol. The van der Waals surface area contributed by atoms with Gasteiger partial charge in [-0.1, -0.05) is 47.5 Å². The molecular weight excluding hydrogens is 416 g/mol. The van der Waals surface area contributed by atoms with Crippen LogP contribution in [0, 0.1) is 0 Å². The molecule has 3 rings (SSSR count). The van der Waals surface area contributed by atoms with Gasteiger partial charge in [0.25, 0.3) is 0 Å². The fraction of sp³-hybridized carbons (Fsp3) is 0.211. The Labute approximate surface area is 169 Å². The van der Waals surface area contributed by atoms with Crippen molar-refractivity contribution in [2.75, 3.05) is 0 Å². The van der Waals surface area contributed by atoms with Crippen LogP contribution in [0.3, 0.4) is 0 Å². The van der Waals surface area contributed by atoms with Crippen molar-refractivity contribution in [1.29, 1.82) is 0 Å². The lowest BCUT2D eigenvalue weighted by Crippen LogP contribution is -2.14. The second-order valence-electron chi connectivity index (χ2n) is 5.89. The Bertz CT molecular complexity index is 898. The lowest BCUT2D eigenvalue weighted by atomic mass is 10.0. The smallest absolute Gasteiger partial charge is 0.336 e. The van der Waals surface area contributed by atoms with Gasteiger partial charge in [-0.3, -0.25) is 0 Å². The molecule has 3 aromatic rings. The molecule has 0 radical (unpaired) electrons. The molecule has 1 unspecified atom stereocenters.